The van der Waals surface area contributed by atoms with E-state index < -0.39 is 0 Å². The van der Waals surface area contributed by atoms with Crippen molar-refractivity contribution in [1.29, 1.82) is 0 Å². The van der Waals surface area contributed by atoms with Crippen LogP contribution in [0, 0.1) is 11.3 Å². The fraction of sp³-hybridized carbons (Fsp3) is 0.643. The number of ether oxygens (including phenoxy) is 1. The molecule has 0 aliphatic heterocycles. The minimum absolute atomic E-state index is 0.377. The fourth-order valence-corrected chi connectivity index (χ4v) is 1.78. The summed E-state index contributed by atoms with van der Waals surface area (Å²) in [6.45, 7) is 9.34. The zero-order valence-electron chi connectivity index (χ0n) is 11.7. The van der Waals surface area contributed by atoms with Crippen LogP contribution in [0.5, 0.6) is 5.88 Å². The molecule has 0 amide bonds. The maximum Gasteiger partial charge on any atom is 0.239 e. The van der Waals surface area contributed by atoms with E-state index >= 15 is 0 Å². The van der Waals surface area contributed by atoms with Gasteiger partial charge in [-0.25, -0.2) is 0 Å². The summed E-state index contributed by atoms with van der Waals surface area (Å²) < 4.78 is 5.62. The molecule has 2 rings (SSSR count). The summed E-state index contributed by atoms with van der Waals surface area (Å²) in [5, 5.41) is 3.41. The number of pyridine rings is 1. The zero-order chi connectivity index (χ0) is 13.3. The highest BCUT2D eigenvalue weighted by atomic mass is 16.5. The zero-order valence-corrected chi connectivity index (χ0v) is 11.7. The van der Waals surface area contributed by atoms with E-state index in [2.05, 4.69) is 38.0 Å². The molecule has 0 bridgehead atoms. The largest absolute Gasteiger partial charge is 0.476 e. The van der Waals surface area contributed by atoms with E-state index in [1.54, 1.807) is 0 Å². The molecule has 1 fully saturated rings. The average Bonchev–Trinajstić information content (AvgIpc) is 2.86. The molecule has 1 saturated carbocycles. The maximum absolute atomic E-state index is 5.86. The summed E-state index contributed by atoms with van der Waals surface area (Å²) in [6.07, 6.45) is 1.18. The van der Waals surface area contributed by atoms with Gasteiger partial charge in [0.1, 0.15) is 5.82 Å². The average molecular weight is 249 g/mol. The highest BCUT2D eigenvalue weighted by Gasteiger charge is 2.45. The smallest absolute Gasteiger partial charge is 0.239 e. The standard InChI is InChI=1S/C14H23N3O/c1-9(2)8-18-13-10(15)5-6-12(17-13)16-11-7-14(11,3)4/h5-6,9,11H,7-8,15H2,1-4H3,(H,16,17). The molecule has 4 heteroatoms. The summed E-state index contributed by atoms with van der Waals surface area (Å²) in [6, 6.07) is 4.26. The van der Waals surface area contributed by atoms with E-state index in [-0.39, 0.29) is 0 Å². The Morgan fingerprint density at radius 1 is 1.50 bits per heavy atom. The van der Waals surface area contributed by atoms with Crippen LogP contribution in [-0.2, 0) is 0 Å². The van der Waals surface area contributed by atoms with Gasteiger partial charge in [-0.2, -0.15) is 4.98 Å². The normalized spacial score (nSPS) is 20.8. The van der Waals surface area contributed by atoms with Gasteiger partial charge in [0.05, 0.1) is 12.3 Å². The Hall–Kier alpha value is -1.45. The van der Waals surface area contributed by atoms with Crippen LogP contribution in [0.25, 0.3) is 0 Å². The van der Waals surface area contributed by atoms with E-state index in [1.807, 2.05) is 12.1 Å². The lowest BCUT2D eigenvalue weighted by Gasteiger charge is -2.12. The van der Waals surface area contributed by atoms with Gasteiger partial charge in [0.25, 0.3) is 0 Å². The number of nitrogens with zero attached hydrogens (tertiary/aromatic N) is 1. The Balaban J connectivity index is 2.02. The molecular formula is C14H23N3O. The van der Waals surface area contributed by atoms with Crippen LogP contribution in [0.15, 0.2) is 12.1 Å². The molecule has 1 unspecified atom stereocenters. The number of rotatable bonds is 5. The van der Waals surface area contributed by atoms with Crippen molar-refractivity contribution in [2.24, 2.45) is 11.3 Å². The molecule has 100 valence electrons. The second-order valence-corrected chi connectivity index (χ2v) is 6.19. The Bertz CT molecular complexity index is 429. The minimum atomic E-state index is 0.377. The third-order valence-electron chi connectivity index (χ3n) is 3.28. The molecule has 1 aromatic heterocycles. The highest BCUT2D eigenvalue weighted by Crippen LogP contribution is 2.46. The Morgan fingerprint density at radius 2 is 2.17 bits per heavy atom. The van der Waals surface area contributed by atoms with Gasteiger partial charge in [-0.15, -0.1) is 0 Å². The summed E-state index contributed by atoms with van der Waals surface area (Å²) in [5.41, 5.74) is 6.83. The monoisotopic (exact) mass is 249 g/mol. The van der Waals surface area contributed by atoms with Gasteiger partial charge in [-0.05, 0) is 29.9 Å². The third-order valence-corrected chi connectivity index (χ3v) is 3.28. The van der Waals surface area contributed by atoms with Crippen molar-refractivity contribution in [3.63, 3.8) is 0 Å². The minimum Gasteiger partial charge on any atom is -0.476 e. The number of anilines is 2. The molecule has 0 spiro atoms. The van der Waals surface area contributed by atoms with Crippen molar-refractivity contribution in [3.8, 4) is 5.88 Å². The molecule has 3 N–H and O–H groups in total. The first-order valence-electron chi connectivity index (χ1n) is 6.54. The first-order chi connectivity index (χ1) is 8.38. The molecular weight excluding hydrogens is 226 g/mol. The molecule has 1 atom stereocenters. The first kappa shape index (κ1) is 13.0. The molecule has 1 aliphatic carbocycles. The molecule has 0 radical (unpaired) electrons. The van der Waals surface area contributed by atoms with E-state index in [4.69, 9.17) is 10.5 Å². The quantitative estimate of drug-likeness (QED) is 0.842. The summed E-state index contributed by atoms with van der Waals surface area (Å²) in [5.74, 6) is 1.84. The fourth-order valence-electron chi connectivity index (χ4n) is 1.78. The molecule has 18 heavy (non-hydrogen) atoms. The maximum atomic E-state index is 5.86. The van der Waals surface area contributed by atoms with Gasteiger partial charge in [-0.3, -0.25) is 0 Å². The summed E-state index contributed by atoms with van der Waals surface area (Å²) in [7, 11) is 0. The molecule has 1 aromatic rings. The predicted octanol–water partition coefficient (Wildman–Crippen LogP) is 2.91. The van der Waals surface area contributed by atoms with Gasteiger partial charge in [0.2, 0.25) is 5.88 Å². The second-order valence-electron chi connectivity index (χ2n) is 6.19. The summed E-state index contributed by atoms with van der Waals surface area (Å²) in [4.78, 5) is 4.43. The SMILES string of the molecule is CC(C)COc1nc(NC2CC2(C)C)ccc1N. The topological polar surface area (TPSA) is 60.2 Å². The number of hydrogen-bond acceptors (Lipinski definition) is 4. The Labute approximate surface area is 109 Å². The Morgan fingerprint density at radius 3 is 2.72 bits per heavy atom. The molecule has 1 aliphatic rings. The van der Waals surface area contributed by atoms with E-state index in [9.17, 15) is 0 Å². The van der Waals surface area contributed by atoms with E-state index in [0.717, 1.165) is 5.82 Å². The van der Waals surface area contributed by atoms with Crippen LogP contribution in [-0.4, -0.2) is 17.6 Å². The third kappa shape index (κ3) is 3.06. The van der Waals surface area contributed by atoms with Crippen LogP contribution in [0.4, 0.5) is 11.5 Å². The molecule has 4 nitrogen and oxygen atoms in total. The van der Waals surface area contributed by atoms with Gasteiger partial charge in [0.15, 0.2) is 0 Å². The first-order valence-corrected chi connectivity index (χ1v) is 6.54. The van der Waals surface area contributed by atoms with Gasteiger partial charge >= 0.3 is 0 Å². The number of nitrogen functional groups attached to an aromatic ring is 1. The van der Waals surface area contributed by atoms with Crippen LogP contribution in [0.2, 0.25) is 0 Å². The predicted molar refractivity (Wildman–Crippen MR) is 74.8 cm³/mol. The second kappa shape index (κ2) is 4.67. The lowest BCUT2D eigenvalue weighted by molar-refractivity contribution is 0.263. The van der Waals surface area contributed by atoms with Crippen LogP contribution in [0.1, 0.15) is 34.1 Å². The van der Waals surface area contributed by atoms with Gasteiger partial charge < -0.3 is 15.8 Å². The van der Waals surface area contributed by atoms with E-state index in [0.29, 0.717) is 35.5 Å². The Kier molecular flexibility index (Phi) is 3.37. The lowest BCUT2D eigenvalue weighted by atomic mass is 10.2. The summed E-state index contributed by atoms with van der Waals surface area (Å²) >= 11 is 0. The van der Waals surface area contributed by atoms with Crippen molar-refractivity contribution in [1.82, 2.24) is 4.98 Å². The van der Waals surface area contributed by atoms with Crippen molar-refractivity contribution >= 4 is 11.5 Å². The highest BCUT2D eigenvalue weighted by molar-refractivity contribution is 5.54. The van der Waals surface area contributed by atoms with Crippen molar-refractivity contribution in [3.05, 3.63) is 12.1 Å². The van der Waals surface area contributed by atoms with Crippen molar-refractivity contribution in [2.75, 3.05) is 17.7 Å². The van der Waals surface area contributed by atoms with Crippen molar-refractivity contribution < 1.29 is 4.74 Å². The number of hydrogen-bond donors (Lipinski definition) is 2. The molecule has 0 aromatic carbocycles. The van der Waals surface area contributed by atoms with Gasteiger partial charge in [-0.1, -0.05) is 27.7 Å². The number of nitrogens with one attached hydrogen (secondary N) is 1. The van der Waals surface area contributed by atoms with Crippen LogP contribution < -0.4 is 15.8 Å². The van der Waals surface area contributed by atoms with E-state index in [1.165, 1.54) is 6.42 Å². The molecule has 1 heterocycles. The van der Waals surface area contributed by atoms with Gasteiger partial charge in [0, 0.05) is 6.04 Å². The number of aromatic nitrogens is 1. The molecule has 0 saturated heterocycles. The number of nitrogens with two attached hydrogens (primary N) is 1. The van der Waals surface area contributed by atoms with Crippen molar-refractivity contribution in [2.45, 2.75) is 40.2 Å². The van der Waals surface area contributed by atoms with Crippen LogP contribution >= 0.6 is 0 Å². The van der Waals surface area contributed by atoms with Crippen LogP contribution in [0.3, 0.4) is 0 Å². The lowest BCUT2D eigenvalue weighted by Crippen LogP contribution is -2.12.